The van der Waals surface area contributed by atoms with E-state index < -0.39 is 12.3 Å². The number of hydrogen-bond donors (Lipinski definition) is 1. The number of amides is 1. The first-order valence-electron chi connectivity index (χ1n) is 12.3. The number of ether oxygens (including phenoxy) is 2. The van der Waals surface area contributed by atoms with Crippen molar-refractivity contribution in [3.05, 3.63) is 46.1 Å². The van der Waals surface area contributed by atoms with Gasteiger partial charge in [-0.15, -0.1) is 0 Å². The number of halogens is 1. The van der Waals surface area contributed by atoms with Crippen LogP contribution in [0, 0.1) is 5.41 Å². The van der Waals surface area contributed by atoms with E-state index in [1.807, 2.05) is 11.8 Å². The first kappa shape index (κ1) is 19.3. The monoisotopic (exact) mass is 486 g/mol. The zero-order valence-corrected chi connectivity index (χ0v) is 19.3. The molecule has 2 fully saturated rings. The van der Waals surface area contributed by atoms with Crippen LogP contribution < -0.4 is 15.0 Å². The van der Waals surface area contributed by atoms with Crippen molar-refractivity contribution in [1.82, 2.24) is 19.0 Å². The molecule has 9 nitrogen and oxygen atoms in total. The normalized spacial score (nSPS) is 22.4. The Labute approximate surface area is 203 Å². The SMILES string of the molecule is [2H]C1([2H])Oc2ccc(-n3c(Cl)cc4c(=O)n(CC5(O)CCN(C(=O)C6(C)CC6)CC5)cnc43)cc2O1. The maximum absolute atomic E-state index is 13.3. The highest BCUT2D eigenvalue weighted by Gasteiger charge is 2.48. The molecule has 3 aromatic rings. The molecule has 1 saturated heterocycles. The number of hydrogen-bond acceptors (Lipinski definition) is 6. The number of rotatable bonds is 4. The Kier molecular flexibility index (Phi) is 4.24. The lowest BCUT2D eigenvalue weighted by Gasteiger charge is -2.39. The lowest BCUT2D eigenvalue weighted by atomic mass is 9.90. The minimum Gasteiger partial charge on any atom is -0.454 e. The molecule has 0 radical (unpaired) electrons. The Hall–Kier alpha value is -3.04. The molecule has 1 aliphatic carbocycles. The summed E-state index contributed by atoms with van der Waals surface area (Å²) < 4.78 is 28.5. The molecule has 34 heavy (non-hydrogen) atoms. The van der Waals surface area contributed by atoms with Gasteiger partial charge in [0.1, 0.15) is 14.2 Å². The van der Waals surface area contributed by atoms with Gasteiger partial charge in [0.25, 0.3) is 5.56 Å². The van der Waals surface area contributed by atoms with Crippen LogP contribution in [-0.4, -0.2) is 55.5 Å². The van der Waals surface area contributed by atoms with Gasteiger partial charge in [0.15, 0.2) is 17.1 Å². The second-order valence-electron chi connectivity index (χ2n) is 9.71. The first-order valence-corrected chi connectivity index (χ1v) is 11.7. The fourth-order valence-electron chi connectivity index (χ4n) is 4.74. The van der Waals surface area contributed by atoms with E-state index >= 15 is 0 Å². The summed E-state index contributed by atoms with van der Waals surface area (Å²) in [5.74, 6) is 0.630. The minimum absolute atomic E-state index is 0.0655. The van der Waals surface area contributed by atoms with Gasteiger partial charge in [-0.25, -0.2) is 4.98 Å². The van der Waals surface area contributed by atoms with E-state index in [0.29, 0.717) is 37.3 Å². The standard InChI is InChI=1S/C24H25ClN4O5/c1-23(4-5-23)22(31)27-8-6-24(32,7-9-27)12-28-13-26-20-16(21(28)30)11-19(25)29(20)15-2-3-17-18(10-15)34-14-33-17/h2-3,10-11,13,32H,4-9,12,14H2,1H3/i14D2. The minimum atomic E-state index is -2.25. The highest BCUT2D eigenvalue weighted by molar-refractivity contribution is 6.31. The summed E-state index contributed by atoms with van der Waals surface area (Å²) in [5.41, 5.74) is -0.844. The largest absolute Gasteiger partial charge is 0.454 e. The van der Waals surface area contributed by atoms with Crippen LogP contribution in [0.5, 0.6) is 11.5 Å². The molecule has 2 aliphatic heterocycles. The van der Waals surface area contributed by atoms with Gasteiger partial charge < -0.3 is 19.5 Å². The van der Waals surface area contributed by atoms with Crippen LogP contribution in [0.4, 0.5) is 0 Å². The van der Waals surface area contributed by atoms with Crippen LogP contribution in [0.2, 0.25) is 5.15 Å². The van der Waals surface area contributed by atoms with E-state index in [-0.39, 0.29) is 45.5 Å². The molecular weight excluding hydrogens is 460 g/mol. The van der Waals surface area contributed by atoms with Crippen molar-refractivity contribution < 1.29 is 22.1 Å². The average molecular weight is 487 g/mol. The topological polar surface area (TPSA) is 98.8 Å². The molecule has 1 amide bonds. The quantitative estimate of drug-likeness (QED) is 0.609. The number of fused-ring (bicyclic) bond motifs is 2. The van der Waals surface area contributed by atoms with E-state index in [9.17, 15) is 14.7 Å². The van der Waals surface area contributed by atoms with Crippen LogP contribution >= 0.6 is 11.6 Å². The van der Waals surface area contributed by atoms with Crippen molar-refractivity contribution in [2.45, 2.75) is 44.8 Å². The summed E-state index contributed by atoms with van der Waals surface area (Å²) in [4.78, 5) is 32.2. The molecule has 1 aromatic carbocycles. The first-order chi connectivity index (χ1) is 17.0. The third kappa shape index (κ3) is 3.45. The van der Waals surface area contributed by atoms with Crippen LogP contribution in [0.1, 0.15) is 35.3 Å². The lowest BCUT2D eigenvalue weighted by molar-refractivity contribution is -0.141. The van der Waals surface area contributed by atoms with Crippen molar-refractivity contribution in [2.24, 2.45) is 5.41 Å². The van der Waals surface area contributed by atoms with E-state index in [1.165, 1.54) is 17.0 Å². The van der Waals surface area contributed by atoms with Crippen molar-refractivity contribution in [3.8, 4) is 17.2 Å². The van der Waals surface area contributed by atoms with Gasteiger partial charge in [0.05, 0.1) is 23.2 Å². The highest BCUT2D eigenvalue weighted by atomic mass is 35.5. The Balaban J connectivity index is 1.25. The Morgan fingerprint density at radius 1 is 1.21 bits per heavy atom. The molecule has 0 bridgehead atoms. The van der Waals surface area contributed by atoms with Gasteiger partial charge >= 0.3 is 0 Å². The number of piperidine rings is 1. The molecule has 1 N–H and O–H groups in total. The Morgan fingerprint density at radius 3 is 2.68 bits per heavy atom. The highest BCUT2D eigenvalue weighted by Crippen LogP contribution is 2.47. The molecule has 0 atom stereocenters. The van der Waals surface area contributed by atoms with Crippen LogP contribution in [0.25, 0.3) is 16.7 Å². The van der Waals surface area contributed by atoms with Gasteiger partial charge in [-0.3, -0.25) is 18.7 Å². The number of aromatic nitrogens is 3. The molecule has 3 aliphatic rings. The average Bonchev–Trinajstić information content (AvgIpc) is 3.36. The fourth-order valence-corrected chi connectivity index (χ4v) is 5.03. The maximum atomic E-state index is 13.3. The van der Waals surface area contributed by atoms with Crippen LogP contribution in [-0.2, 0) is 11.3 Å². The van der Waals surface area contributed by atoms with Crippen molar-refractivity contribution in [2.75, 3.05) is 19.8 Å². The van der Waals surface area contributed by atoms with Gasteiger partial charge in [-0.05, 0) is 43.9 Å². The summed E-state index contributed by atoms with van der Waals surface area (Å²) in [5, 5.41) is 11.7. The zero-order valence-electron chi connectivity index (χ0n) is 20.6. The van der Waals surface area contributed by atoms with E-state index in [1.54, 1.807) is 22.8 Å². The van der Waals surface area contributed by atoms with Crippen LogP contribution in [0.15, 0.2) is 35.4 Å². The zero-order chi connectivity index (χ0) is 25.5. The predicted octanol–water partition coefficient (Wildman–Crippen LogP) is 2.72. The number of aliphatic hydroxyl groups is 1. The second-order valence-corrected chi connectivity index (χ2v) is 10.1. The second kappa shape index (κ2) is 7.48. The molecule has 4 heterocycles. The van der Waals surface area contributed by atoms with E-state index in [4.69, 9.17) is 23.8 Å². The van der Waals surface area contributed by atoms with Crippen molar-refractivity contribution in [3.63, 3.8) is 0 Å². The molecule has 1 saturated carbocycles. The van der Waals surface area contributed by atoms with E-state index in [2.05, 4.69) is 4.98 Å². The number of nitrogens with zero attached hydrogens (tertiary/aromatic N) is 4. The van der Waals surface area contributed by atoms with Gasteiger partial charge in [0, 0.05) is 24.6 Å². The van der Waals surface area contributed by atoms with E-state index in [0.717, 1.165) is 12.8 Å². The third-order valence-electron chi connectivity index (χ3n) is 7.19. The van der Waals surface area contributed by atoms with Gasteiger partial charge in [-0.2, -0.15) is 0 Å². The fraction of sp³-hybridized carbons (Fsp3) is 0.458. The summed E-state index contributed by atoms with van der Waals surface area (Å²) in [7, 11) is 0. The molecule has 6 rings (SSSR count). The lowest BCUT2D eigenvalue weighted by Crippen LogP contribution is -2.51. The number of carbonyl (C=O) groups excluding carboxylic acids is 1. The molecule has 0 spiro atoms. The smallest absolute Gasteiger partial charge is 0.262 e. The summed E-state index contributed by atoms with van der Waals surface area (Å²) in [6.45, 7) is 0.708. The number of likely N-dealkylation sites (tertiary alicyclic amines) is 1. The summed E-state index contributed by atoms with van der Waals surface area (Å²) in [6.07, 6.45) is 3.98. The van der Waals surface area contributed by atoms with Gasteiger partial charge in [0.2, 0.25) is 12.7 Å². The summed E-state index contributed by atoms with van der Waals surface area (Å²) >= 11 is 6.48. The molecular formula is C24H25ClN4O5. The third-order valence-corrected chi connectivity index (χ3v) is 7.47. The predicted molar refractivity (Wildman–Crippen MR) is 125 cm³/mol. The molecule has 178 valence electrons. The van der Waals surface area contributed by atoms with Crippen molar-refractivity contribution >= 4 is 28.5 Å². The molecule has 0 unspecified atom stereocenters. The maximum Gasteiger partial charge on any atom is 0.262 e. The molecule has 10 heteroatoms. The number of benzene rings is 1. The Bertz CT molecular complexity index is 1460. The van der Waals surface area contributed by atoms with Crippen LogP contribution in [0.3, 0.4) is 0 Å². The number of carbonyl (C=O) groups is 1. The van der Waals surface area contributed by atoms with Crippen molar-refractivity contribution in [1.29, 1.82) is 0 Å². The van der Waals surface area contributed by atoms with Gasteiger partial charge in [-0.1, -0.05) is 18.5 Å². The summed E-state index contributed by atoms with van der Waals surface area (Å²) in [6, 6.07) is 6.32. The Morgan fingerprint density at radius 2 is 1.94 bits per heavy atom. The molecule has 2 aromatic heterocycles.